The molecule has 1 N–H and O–H groups in total. The van der Waals surface area contributed by atoms with Crippen molar-refractivity contribution in [3.63, 3.8) is 0 Å². The summed E-state index contributed by atoms with van der Waals surface area (Å²) in [6.45, 7) is 5.49. The maximum atomic E-state index is 13.4. The van der Waals surface area contributed by atoms with Gasteiger partial charge in [0.1, 0.15) is 5.75 Å². The molecule has 1 saturated heterocycles. The monoisotopic (exact) mass is 479 g/mol. The van der Waals surface area contributed by atoms with Gasteiger partial charge >= 0.3 is 10.2 Å². The van der Waals surface area contributed by atoms with Gasteiger partial charge in [0.2, 0.25) is 5.91 Å². The van der Waals surface area contributed by atoms with Crippen molar-refractivity contribution in [2.24, 2.45) is 5.92 Å². The first-order valence-corrected chi connectivity index (χ1v) is 12.7. The number of hydrogen-bond donors (Lipinski definition) is 1. The van der Waals surface area contributed by atoms with E-state index in [4.69, 9.17) is 16.3 Å². The minimum Gasteiger partial charge on any atom is -0.494 e. The Morgan fingerprint density at radius 1 is 1.16 bits per heavy atom. The number of carbonyl (C=O) groups excluding carboxylic acids is 1. The van der Waals surface area contributed by atoms with Crippen molar-refractivity contribution < 1.29 is 17.9 Å². The quantitative estimate of drug-likeness (QED) is 0.592. The average molecular weight is 480 g/mol. The summed E-state index contributed by atoms with van der Waals surface area (Å²) in [6.07, 6.45) is 1.30. The molecule has 174 valence electrons. The molecule has 32 heavy (non-hydrogen) atoms. The number of nitrogens with zero attached hydrogens (tertiary/aromatic N) is 2. The van der Waals surface area contributed by atoms with Crippen LogP contribution in [0.4, 0.5) is 5.69 Å². The number of nitrogens with one attached hydrogen (secondary N) is 1. The SMILES string of the molecule is CCOc1ccc(N(CC)S(=O)(=O)N2CCC[C@@H](C(=O)NCc3ccc(Cl)cc3)C2)cc1. The Labute approximate surface area is 195 Å². The van der Waals surface area contributed by atoms with Crippen LogP contribution in [0, 0.1) is 5.92 Å². The van der Waals surface area contributed by atoms with Crippen LogP contribution in [0.1, 0.15) is 32.3 Å². The third-order valence-electron chi connectivity index (χ3n) is 5.46. The second kappa shape index (κ2) is 11.0. The molecule has 9 heteroatoms. The molecule has 1 aliphatic rings. The predicted octanol–water partition coefficient (Wildman–Crippen LogP) is 3.84. The van der Waals surface area contributed by atoms with Crippen molar-refractivity contribution in [2.75, 3.05) is 30.5 Å². The van der Waals surface area contributed by atoms with E-state index in [1.165, 1.54) is 8.61 Å². The van der Waals surface area contributed by atoms with Gasteiger partial charge in [-0.05, 0) is 68.7 Å². The van der Waals surface area contributed by atoms with Crippen molar-refractivity contribution in [3.8, 4) is 5.75 Å². The minimum atomic E-state index is -3.76. The van der Waals surface area contributed by atoms with Crippen LogP contribution < -0.4 is 14.4 Å². The van der Waals surface area contributed by atoms with Gasteiger partial charge in [-0.25, -0.2) is 0 Å². The lowest BCUT2D eigenvalue weighted by atomic mass is 9.99. The van der Waals surface area contributed by atoms with Crippen LogP contribution in [-0.4, -0.2) is 44.9 Å². The number of ether oxygens (including phenoxy) is 1. The van der Waals surface area contributed by atoms with Gasteiger partial charge in [0.15, 0.2) is 0 Å². The van der Waals surface area contributed by atoms with Gasteiger partial charge < -0.3 is 10.1 Å². The highest BCUT2D eigenvalue weighted by Gasteiger charge is 2.35. The Kier molecular flexibility index (Phi) is 8.39. The first-order chi connectivity index (χ1) is 15.3. The van der Waals surface area contributed by atoms with Crippen LogP contribution in [0.5, 0.6) is 5.75 Å². The summed E-state index contributed by atoms with van der Waals surface area (Å²) in [7, 11) is -3.76. The van der Waals surface area contributed by atoms with Crippen LogP contribution in [0.25, 0.3) is 0 Å². The fourth-order valence-electron chi connectivity index (χ4n) is 3.80. The molecule has 0 unspecified atom stereocenters. The van der Waals surface area contributed by atoms with Crippen molar-refractivity contribution in [3.05, 3.63) is 59.1 Å². The molecule has 0 radical (unpaired) electrons. The van der Waals surface area contributed by atoms with Gasteiger partial charge in [0, 0.05) is 31.2 Å². The van der Waals surface area contributed by atoms with E-state index in [2.05, 4.69) is 5.32 Å². The second-order valence-corrected chi connectivity index (χ2v) is 9.93. The van der Waals surface area contributed by atoms with E-state index in [1.54, 1.807) is 43.3 Å². The molecule has 0 aromatic heterocycles. The molecule has 2 aromatic carbocycles. The number of piperidine rings is 1. The molecule has 1 heterocycles. The zero-order chi connectivity index (χ0) is 23.1. The highest BCUT2D eigenvalue weighted by atomic mass is 35.5. The van der Waals surface area contributed by atoms with Gasteiger partial charge in [0.05, 0.1) is 18.2 Å². The van der Waals surface area contributed by atoms with Gasteiger partial charge in [0.25, 0.3) is 0 Å². The zero-order valence-corrected chi connectivity index (χ0v) is 20.0. The number of anilines is 1. The van der Waals surface area contributed by atoms with Crippen molar-refractivity contribution >= 4 is 33.4 Å². The molecular formula is C23H30ClN3O4S. The van der Waals surface area contributed by atoms with Crippen LogP contribution in [0.15, 0.2) is 48.5 Å². The van der Waals surface area contributed by atoms with Crippen LogP contribution in [-0.2, 0) is 21.5 Å². The maximum Gasteiger partial charge on any atom is 0.304 e. The number of benzene rings is 2. The lowest BCUT2D eigenvalue weighted by molar-refractivity contribution is -0.126. The summed E-state index contributed by atoms with van der Waals surface area (Å²) in [5.74, 6) is 0.175. The van der Waals surface area contributed by atoms with Gasteiger partial charge in [-0.3, -0.25) is 9.10 Å². The third kappa shape index (κ3) is 5.94. The number of rotatable bonds is 9. The Hall–Kier alpha value is -2.29. The van der Waals surface area contributed by atoms with Gasteiger partial charge in [-0.15, -0.1) is 0 Å². The Bertz CT molecular complexity index is 997. The molecule has 2 aromatic rings. The highest BCUT2D eigenvalue weighted by molar-refractivity contribution is 7.90. The summed E-state index contributed by atoms with van der Waals surface area (Å²) in [5.41, 5.74) is 1.51. The molecule has 1 fully saturated rings. The summed E-state index contributed by atoms with van der Waals surface area (Å²) >= 11 is 5.90. The molecule has 1 atom stereocenters. The highest BCUT2D eigenvalue weighted by Crippen LogP contribution is 2.27. The fraction of sp³-hybridized carbons (Fsp3) is 0.435. The topological polar surface area (TPSA) is 79.0 Å². The summed E-state index contributed by atoms with van der Waals surface area (Å²) in [6, 6.07) is 14.3. The minimum absolute atomic E-state index is 0.135. The molecular weight excluding hydrogens is 450 g/mol. The third-order valence-corrected chi connectivity index (χ3v) is 7.72. The first-order valence-electron chi connectivity index (χ1n) is 10.9. The summed E-state index contributed by atoms with van der Waals surface area (Å²) < 4.78 is 35.0. The van der Waals surface area contributed by atoms with E-state index < -0.39 is 10.2 Å². The standard InChI is InChI=1S/C23H30ClN3O4S/c1-3-27(21-11-13-22(14-12-21)31-4-2)32(29,30)26-15-5-6-19(17-26)23(28)25-16-18-7-9-20(24)10-8-18/h7-14,19H,3-6,15-17H2,1-2H3,(H,25,28)/t19-/m1/s1. The average Bonchev–Trinajstić information content (AvgIpc) is 2.80. The van der Waals surface area contributed by atoms with E-state index in [9.17, 15) is 13.2 Å². The molecule has 0 saturated carbocycles. The van der Waals surface area contributed by atoms with E-state index in [1.807, 2.05) is 19.1 Å². The number of hydrogen-bond acceptors (Lipinski definition) is 4. The second-order valence-electron chi connectivity index (χ2n) is 7.64. The fourth-order valence-corrected chi connectivity index (χ4v) is 5.64. The van der Waals surface area contributed by atoms with Crippen molar-refractivity contribution in [1.29, 1.82) is 0 Å². The molecule has 0 spiro atoms. The van der Waals surface area contributed by atoms with Gasteiger partial charge in [-0.1, -0.05) is 23.7 Å². The van der Waals surface area contributed by atoms with Crippen LogP contribution >= 0.6 is 11.6 Å². The maximum absolute atomic E-state index is 13.4. The first kappa shape index (κ1) is 24.4. The van der Waals surface area contributed by atoms with Crippen LogP contribution in [0.3, 0.4) is 0 Å². The Balaban J connectivity index is 1.66. The number of amides is 1. The normalized spacial score (nSPS) is 17.0. The Morgan fingerprint density at radius 2 is 1.84 bits per heavy atom. The van der Waals surface area contributed by atoms with Crippen molar-refractivity contribution in [2.45, 2.75) is 33.2 Å². The molecule has 3 rings (SSSR count). The smallest absolute Gasteiger partial charge is 0.304 e. The summed E-state index contributed by atoms with van der Waals surface area (Å²) in [4.78, 5) is 12.7. The van der Waals surface area contributed by atoms with Crippen LogP contribution in [0.2, 0.25) is 5.02 Å². The lowest BCUT2D eigenvalue weighted by Gasteiger charge is -2.35. The summed E-state index contributed by atoms with van der Waals surface area (Å²) in [5, 5.41) is 3.56. The Morgan fingerprint density at radius 3 is 2.47 bits per heavy atom. The largest absolute Gasteiger partial charge is 0.494 e. The van der Waals surface area contributed by atoms with Crippen molar-refractivity contribution in [1.82, 2.24) is 9.62 Å². The molecule has 7 nitrogen and oxygen atoms in total. The number of carbonyl (C=O) groups is 1. The molecule has 1 aliphatic heterocycles. The van der Waals surface area contributed by atoms with Gasteiger partial charge in [-0.2, -0.15) is 12.7 Å². The van der Waals surface area contributed by atoms with E-state index in [0.29, 0.717) is 55.5 Å². The zero-order valence-electron chi connectivity index (χ0n) is 18.5. The molecule has 0 aliphatic carbocycles. The molecule has 0 bridgehead atoms. The number of halogens is 1. The predicted molar refractivity (Wildman–Crippen MR) is 127 cm³/mol. The lowest BCUT2D eigenvalue weighted by Crippen LogP contribution is -2.50. The molecule has 1 amide bonds. The van der Waals surface area contributed by atoms with E-state index in [0.717, 1.165) is 5.56 Å². The van der Waals surface area contributed by atoms with E-state index >= 15 is 0 Å². The van der Waals surface area contributed by atoms with E-state index in [-0.39, 0.29) is 18.4 Å².